The van der Waals surface area contributed by atoms with Crippen LogP contribution in [0.4, 0.5) is 17.1 Å². The zero-order chi connectivity index (χ0) is 39.8. The summed E-state index contributed by atoms with van der Waals surface area (Å²) in [4.78, 5) is 2.33. The van der Waals surface area contributed by atoms with Gasteiger partial charge in [0.05, 0.1) is 0 Å². The Morgan fingerprint density at radius 1 is 0.250 bits per heavy atom. The molecule has 0 atom stereocenters. The second-order valence-electron chi connectivity index (χ2n) is 15.3. The van der Waals surface area contributed by atoms with Crippen molar-refractivity contribution >= 4 is 27.8 Å². The fraction of sp³-hybridized carbons (Fsp3) is 0. The highest BCUT2D eigenvalue weighted by molar-refractivity contribution is 6.02. The number of nitrogens with zero attached hydrogens (tertiary/aromatic N) is 1. The van der Waals surface area contributed by atoms with Crippen LogP contribution in [0.15, 0.2) is 237 Å². The lowest BCUT2D eigenvalue weighted by Gasteiger charge is -2.26. The maximum Gasteiger partial charge on any atom is 0.143 e. The van der Waals surface area contributed by atoms with Crippen molar-refractivity contribution < 1.29 is 4.74 Å². The fourth-order valence-corrected chi connectivity index (χ4v) is 8.62. The van der Waals surface area contributed by atoms with E-state index in [2.05, 4.69) is 241 Å². The second-order valence-corrected chi connectivity index (χ2v) is 15.3. The van der Waals surface area contributed by atoms with Crippen molar-refractivity contribution in [2.75, 3.05) is 4.90 Å². The van der Waals surface area contributed by atoms with Crippen LogP contribution in [0.5, 0.6) is 11.5 Å². The van der Waals surface area contributed by atoms with Gasteiger partial charge in [-0.3, -0.25) is 0 Å². The Balaban J connectivity index is 1.02. The molecule has 2 nitrogen and oxygen atoms in total. The highest BCUT2D eigenvalue weighted by Crippen LogP contribution is 2.52. The summed E-state index contributed by atoms with van der Waals surface area (Å²) in [6.45, 7) is 0. The molecule has 1 aliphatic heterocycles. The lowest BCUT2D eigenvalue weighted by Crippen LogP contribution is -2.10. The van der Waals surface area contributed by atoms with Gasteiger partial charge in [-0.2, -0.15) is 0 Å². The SMILES string of the molecule is c1ccc(-c2ccc(-c3ccc(N(c4ccccc4)c4ccc5c(c4)-c4cc6ccccc6cc4-c4cccc(-c6ccc(-c7ccccc7)cc6)c4O5)cc3)cc2)cc1. The van der Waals surface area contributed by atoms with E-state index in [1.807, 2.05) is 0 Å². The molecule has 0 spiro atoms. The van der Waals surface area contributed by atoms with Crippen LogP contribution in [-0.4, -0.2) is 0 Å². The van der Waals surface area contributed by atoms with E-state index in [1.54, 1.807) is 0 Å². The topological polar surface area (TPSA) is 12.5 Å². The van der Waals surface area contributed by atoms with Crippen molar-refractivity contribution in [3.63, 3.8) is 0 Å². The molecule has 0 radical (unpaired) electrons. The van der Waals surface area contributed by atoms with E-state index in [9.17, 15) is 0 Å². The van der Waals surface area contributed by atoms with Gasteiger partial charge >= 0.3 is 0 Å². The zero-order valence-corrected chi connectivity index (χ0v) is 32.9. The molecule has 0 fully saturated rings. The molecule has 1 aliphatic rings. The molecular weight excluding hydrogens is 727 g/mol. The second kappa shape index (κ2) is 15.1. The molecular formula is C58H39NO. The first-order valence-electron chi connectivity index (χ1n) is 20.5. The third-order valence-electron chi connectivity index (χ3n) is 11.7. The van der Waals surface area contributed by atoms with Crippen molar-refractivity contribution in [2.45, 2.75) is 0 Å². The first kappa shape index (κ1) is 35.2. The number of benzene rings is 10. The van der Waals surface area contributed by atoms with Crippen LogP contribution in [0, 0.1) is 0 Å². The molecule has 11 rings (SSSR count). The molecule has 282 valence electrons. The molecule has 0 unspecified atom stereocenters. The molecule has 2 heteroatoms. The van der Waals surface area contributed by atoms with Crippen molar-refractivity contribution in [2.24, 2.45) is 0 Å². The Bertz CT molecular complexity index is 3120. The Morgan fingerprint density at radius 3 is 1.23 bits per heavy atom. The van der Waals surface area contributed by atoms with Crippen LogP contribution >= 0.6 is 0 Å². The van der Waals surface area contributed by atoms with Crippen molar-refractivity contribution in [1.29, 1.82) is 0 Å². The van der Waals surface area contributed by atoms with E-state index in [0.29, 0.717) is 0 Å². The van der Waals surface area contributed by atoms with E-state index in [0.717, 1.165) is 61.9 Å². The maximum atomic E-state index is 7.14. The van der Waals surface area contributed by atoms with Gasteiger partial charge in [0.2, 0.25) is 0 Å². The summed E-state index contributed by atoms with van der Waals surface area (Å²) < 4.78 is 7.14. The monoisotopic (exact) mass is 765 g/mol. The first-order chi connectivity index (χ1) is 29.7. The summed E-state index contributed by atoms with van der Waals surface area (Å²) in [6.07, 6.45) is 0. The number of ether oxygens (including phenoxy) is 1. The number of fused-ring (bicyclic) bond motifs is 6. The third kappa shape index (κ3) is 6.51. The molecule has 10 aromatic carbocycles. The van der Waals surface area contributed by atoms with Crippen molar-refractivity contribution in [3.8, 4) is 78.3 Å². The lowest BCUT2D eigenvalue weighted by molar-refractivity contribution is 0.489. The van der Waals surface area contributed by atoms with Gasteiger partial charge in [0.15, 0.2) is 0 Å². The average Bonchev–Trinajstić information content (AvgIpc) is 3.46. The fourth-order valence-electron chi connectivity index (χ4n) is 8.62. The normalized spacial score (nSPS) is 11.5. The van der Waals surface area contributed by atoms with Crippen LogP contribution in [0.1, 0.15) is 0 Å². The van der Waals surface area contributed by atoms with Crippen molar-refractivity contribution in [1.82, 2.24) is 0 Å². The summed E-state index contributed by atoms with van der Waals surface area (Å²) in [5.41, 5.74) is 17.0. The van der Waals surface area contributed by atoms with E-state index in [1.165, 1.54) is 44.2 Å². The number of para-hydroxylation sites is 2. The number of hydrogen-bond acceptors (Lipinski definition) is 2. The number of rotatable bonds is 7. The minimum Gasteiger partial charge on any atom is -0.455 e. The standard InChI is InChI=1S/C58H39NO/c1-4-13-40(14-5-1)42-23-25-44(26-24-42)45-31-33-50(34-32-45)59(49-19-8-3-9-20-49)51-35-36-57-56(39-51)55-38-48-18-11-10-17-47(48)37-54(55)53-22-12-21-52(58(53)60-57)46-29-27-43(28-30-46)41-15-6-2-7-16-41/h1-39H. The van der Waals surface area contributed by atoms with Gasteiger partial charge in [-0.1, -0.05) is 182 Å². The van der Waals surface area contributed by atoms with Crippen LogP contribution in [0.25, 0.3) is 77.5 Å². The summed E-state index contributed by atoms with van der Waals surface area (Å²) in [6, 6.07) is 84.7. The molecule has 0 aromatic heterocycles. The Labute approximate surface area is 350 Å². The Morgan fingerprint density at radius 2 is 0.667 bits per heavy atom. The molecule has 0 N–H and O–H groups in total. The van der Waals surface area contributed by atoms with Gasteiger partial charge in [0.1, 0.15) is 11.5 Å². The molecule has 1 heterocycles. The Kier molecular flexibility index (Phi) is 8.87. The molecule has 0 saturated carbocycles. The van der Waals surface area contributed by atoms with E-state index >= 15 is 0 Å². The van der Waals surface area contributed by atoms with Gasteiger partial charge in [-0.05, 0) is 115 Å². The molecule has 0 aliphatic carbocycles. The largest absolute Gasteiger partial charge is 0.455 e. The minimum atomic E-state index is 0.824. The quantitative estimate of drug-likeness (QED) is 0.160. The Hall–Kier alpha value is -7.94. The van der Waals surface area contributed by atoms with Gasteiger partial charge < -0.3 is 9.64 Å². The summed E-state index contributed by atoms with van der Waals surface area (Å²) in [5.74, 6) is 1.69. The summed E-state index contributed by atoms with van der Waals surface area (Å²) >= 11 is 0. The van der Waals surface area contributed by atoms with E-state index in [-0.39, 0.29) is 0 Å². The molecule has 0 saturated heterocycles. The highest BCUT2D eigenvalue weighted by atomic mass is 16.5. The summed E-state index contributed by atoms with van der Waals surface area (Å²) in [7, 11) is 0. The van der Waals surface area contributed by atoms with Gasteiger partial charge in [0, 0.05) is 33.8 Å². The highest BCUT2D eigenvalue weighted by Gasteiger charge is 2.26. The maximum absolute atomic E-state index is 7.14. The zero-order valence-electron chi connectivity index (χ0n) is 32.9. The summed E-state index contributed by atoms with van der Waals surface area (Å²) in [5, 5.41) is 2.39. The number of anilines is 3. The van der Waals surface area contributed by atoms with E-state index in [4.69, 9.17) is 4.74 Å². The van der Waals surface area contributed by atoms with Gasteiger partial charge in [-0.15, -0.1) is 0 Å². The van der Waals surface area contributed by atoms with Crippen LogP contribution in [0.2, 0.25) is 0 Å². The minimum absolute atomic E-state index is 0.824. The third-order valence-corrected chi connectivity index (χ3v) is 11.7. The molecule has 0 bridgehead atoms. The molecule has 60 heavy (non-hydrogen) atoms. The predicted octanol–water partition coefficient (Wildman–Crippen LogP) is 16.4. The number of hydrogen-bond donors (Lipinski definition) is 0. The van der Waals surface area contributed by atoms with Crippen LogP contribution in [0.3, 0.4) is 0 Å². The predicted molar refractivity (Wildman–Crippen MR) is 251 cm³/mol. The van der Waals surface area contributed by atoms with Crippen LogP contribution < -0.4 is 9.64 Å². The van der Waals surface area contributed by atoms with Crippen LogP contribution in [-0.2, 0) is 0 Å². The van der Waals surface area contributed by atoms with E-state index < -0.39 is 0 Å². The smallest absolute Gasteiger partial charge is 0.143 e. The molecule has 0 amide bonds. The lowest BCUT2D eigenvalue weighted by atomic mass is 9.89. The van der Waals surface area contributed by atoms with Gasteiger partial charge in [0.25, 0.3) is 0 Å². The molecule has 10 aromatic rings. The average molecular weight is 766 g/mol. The van der Waals surface area contributed by atoms with Crippen molar-refractivity contribution in [3.05, 3.63) is 237 Å². The van der Waals surface area contributed by atoms with Gasteiger partial charge in [-0.25, -0.2) is 0 Å². The first-order valence-corrected chi connectivity index (χ1v) is 20.5.